The maximum Gasteiger partial charge on any atom is 0.290 e. The number of aromatic hydroxyl groups is 1. The number of hydrogen-bond donors (Lipinski definition) is 2. The fourth-order valence-electron chi connectivity index (χ4n) is 1.93. The highest BCUT2D eigenvalue weighted by Gasteiger charge is 2.16. The van der Waals surface area contributed by atoms with Crippen LogP contribution in [-0.2, 0) is 0 Å². The second-order valence-corrected chi connectivity index (χ2v) is 4.45. The van der Waals surface area contributed by atoms with Crippen LogP contribution in [0.25, 0.3) is 5.78 Å². The molecule has 1 amide bonds. The summed E-state index contributed by atoms with van der Waals surface area (Å²) in [5.74, 6) is -0.796. The molecule has 8 nitrogen and oxygen atoms in total. The Morgan fingerprint density at radius 1 is 1.27 bits per heavy atom. The van der Waals surface area contributed by atoms with Gasteiger partial charge in [0.2, 0.25) is 5.82 Å². The first-order valence-electron chi connectivity index (χ1n) is 6.37. The van der Waals surface area contributed by atoms with Gasteiger partial charge in [-0.05, 0) is 12.1 Å². The number of nitrogens with one attached hydrogen (secondary N) is 1. The Labute approximate surface area is 124 Å². The van der Waals surface area contributed by atoms with Crippen LogP contribution in [0.5, 0.6) is 5.75 Å². The Hall–Kier alpha value is -3.29. The molecule has 2 N–H and O–H groups in total. The van der Waals surface area contributed by atoms with Gasteiger partial charge < -0.3 is 10.4 Å². The van der Waals surface area contributed by atoms with Crippen LogP contribution in [0.1, 0.15) is 26.5 Å². The summed E-state index contributed by atoms with van der Waals surface area (Å²) in [6, 6.07) is 6.22. The minimum atomic E-state index is -0.445. The zero-order valence-electron chi connectivity index (χ0n) is 11.5. The predicted molar refractivity (Wildman–Crippen MR) is 75.7 cm³/mol. The van der Waals surface area contributed by atoms with Gasteiger partial charge in [0.05, 0.1) is 11.1 Å². The Balaban J connectivity index is 2.03. The molecule has 0 atom stereocenters. The van der Waals surface area contributed by atoms with Crippen LogP contribution in [0, 0.1) is 0 Å². The number of hydrogen-bond acceptors (Lipinski definition) is 6. The third-order valence-corrected chi connectivity index (χ3v) is 3.03. The van der Waals surface area contributed by atoms with Crippen LogP contribution in [0.15, 0.2) is 36.7 Å². The molecular weight excluding hydrogens is 286 g/mol. The molecule has 0 aliphatic heterocycles. The molecule has 3 aromatic rings. The highest BCUT2D eigenvalue weighted by molar-refractivity contribution is 6.10. The maximum atomic E-state index is 12.4. The van der Waals surface area contributed by atoms with Gasteiger partial charge in [0.25, 0.3) is 11.7 Å². The highest BCUT2D eigenvalue weighted by atomic mass is 16.3. The van der Waals surface area contributed by atoms with Crippen LogP contribution in [0.4, 0.5) is 0 Å². The first kappa shape index (κ1) is 13.7. The van der Waals surface area contributed by atoms with Crippen LogP contribution in [0.2, 0.25) is 0 Å². The number of benzene rings is 1. The van der Waals surface area contributed by atoms with Gasteiger partial charge in [0.1, 0.15) is 5.75 Å². The molecule has 2 aromatic heterocycles. The normalized spacial score (nSPS) is 10.6. The number of amides is 1. The van der Waals surface area contributed by atoms with Gasteiger partial charge in [-0.15, -0.1) is 5.10 Å². The van der Waals surface area contributed by atoms with Gasteiger partial charge in [-0.1, -0.05) is 12.1 Å². The molecule has 2 heterocycles. The third-order valence-electron chi connectivity index (χ3n) is 3.03. The number of ketones is 1. The van der Waals surface area contributed by atoms with E-state index in [0.29, 0.717) is 0 Å². The summed E-state index contributed by atoms with van der Waals surface area (Å²) in [6.07, 6.45) is 2.74. The van der Waals surface area contributed by atoms with Gasteiger partial charge in [-0.25, -0.2) is 9.50 Å². The third kappa shape index (κ3) is 2.26. The van der Waals surface area contributed by atoms with Crippen molar-refractivity contribution in [1.29, 1.82) is 0 Å². The Morgan fingerprint density at radius 2 is 2.05 bits per heavy atom. The molecule has 0 saturated heterocycles. The number of carbonyl (C=O) groups is 2. The molecule has 0 saturated carbocycles. The van der Waals surface area contributed by atoms with E-state index in [1.807, 2.05) is 0 Å². The first-order valence-corrected chi connectivity index (χ1v) is 6.37. The van der Waals surface area contributed by atoms with E-state index in [-0.39, 0.29) is 28.5 Å². The highest BCUT2D eigenvalue weighted by Crippen LogP contribution is 2.19. The lowest BCUT2D eigenvalue weighted by molar-refractivity contribution is 0.0952. The lowest BCUT2D eigenvalue weighted by atomic mass is 10.1. The summed E-state index contributed by atoms with van der Waals surface area (Å²) in [5, 5.41) is 16.1. The van der Waals surface area contributed by atoms with Crippen molar-refractivity contribution in [1.82, 2.24) is 24.9 Å². The minimum absolute atomic E-state index is 0.0397. The Kier molecular flexibility index (Phi) is 3.26. The topological polar surface area (TPSA) is 109 Å². The molecule has 1 aromatic carbocycles. The summed E-state index contributed by atoms with van der Waals surface area (Å²) in [7, 11) is 1.47. The molecule has 22 heavy (non-hydrogen) atoms. The lowest BCUT2D eigenvalue weighted by Crippen LogP contribution is -2.19. The monoisotopic (exact) mass is 297 g/mol. The van der Waals surface area contributed by atoms with Crippen LogP contribution >= 0.6 is 0 Å². The van der Waals surface area contributed by atoms with Gasteiger partial charge in [-0.3, -0.25) is 9.59 Å². The number of phenolic OH excluding ortho intramolecular Hbond substituents is 1. The molecule has 0 aliphatic carbocycles. The minimum Gasteiger partial charge on any atom is -0.507 e. The molecule has 8 heteroatoms. The Bertz CT molecular complexity index is 887. The maximum absolute atomic E-state index is 12.4. The van der Waals surface area contributed by atoms with Crippen molar-refractivity contribution in [2.75, 3.05) is 7.05 Å². The van der Waals surface area contributed by atoms with Gasteiger partial charge >= 0.3 is 0 Å². The van der Waals surface area contributed by atoms with Crippen molar-refractivity contribution in [2.24, 2.45) is 0 Å². The van der Waals surface area contributed by atoms with E-state index >= 15 is 0 Å². The Morgan fingerprint density at radius 3 is 2.77 bits per heavy atom. The molecule has 0 unspecified atom stereocenters. The second kappa shape index (κ2) is 5.24. The van der Waals surface area contributed by atoms with E-state index in [1.54, 1.807) is 12.1 Å². The second-order valence-electron chi connectivity index (χ2n) is 4.45. The molecule has 110 valence electrons. The fourth-order valence-corrected chi connectivity index (χ4v) is 1.93. The number of rotatable bonds is 3. The molecular formula is C14H11N5O3. The molecule has 0 bridgehead atoms. The average molecular weight is 297 g/mol. The standard InChI is InChI=1S/C14H11N5O3/c1-15-13(22)12-17-14-16-6-8(7-19(14)18-12)11(21)9-4-2-3-5-10(9)20/h2-7,20H,1H3,(H,15,22). The molecule has 0 aliphatic rings. The molecule has 0 spiro atoms. The number of nitrogens with zero attached hydrogens (tertiary/aromatic N) is 4. The molecule has 3 rings (SSSR count). The molecule has 0 radical (unpaired) electrons. The van der Waals surface area contributed by atoms with Crippen molar-refractivity contribution in [2.45, 2.75) is 0 Å². The number of fused-ring (bicyclic) bond motifs is 1. The SMILES string of the molecule is CNC(=O)c1nc2ncc(C(=O)c3ccccc3O)cn2n1. The van der Waals surface area contributed by atoms with Crippen molar-refractivity contribution in [3.63, 3.8) is 0 Å². The van der Waals surface area contributed by atoms with Gasteiger partial charge in [-0.2, -0.15) is 4.98 Å². The summed E-state index contributed by atoms with van der Waals surface area (Å²) in [6.45, 7) is 0. The number of phenols is 1. The van der Waals surface area contributed by atoms with Crippen LogP contribution < -0.4 is 5.32 Å². The largest absolute Gasteiger partial charge is 0.507 e. The van der Waals surface area contributed by atoms with E-state index < -0.39 is 11.7 Å². The van der Waals surface area contributed by atoms with Gasteiger partial charge in [0.15, 0.2) is 5.78 Å². The summed E-state index contributed by atoms with van der Waals surface area (Å²) in [4.78, 5) is 31.8. The summed E-state index contributed by atoms with van der Waals surface area (Å²) in [5.41, 5.74) is 0.387. The van der Waals surface area contributed by atoms with E-state index in [1.165, 1.54) is 36.1 Å². The predicted octanol–water partition coefficient (Wildman–Crippen LogP) is 0.420. The quantitative estimate of drug-likeness (QED) is 0.678. The van der Waals surface area contributed by atoms with E-state index in [2.05, 4.69) is 20.4 Å². The smallest absolute Gasteiger partial charge is 0.290 e. The number of carbonyl (C=O) groups excluding carboxylic acids is 2. The van der Waals surface area contributed by atoms with E-state index in [9.17, 15) is 14.7 Å². The van der Waals surface area contributed by atoms with Crippen molar-refractivity contribution >= 4 is 17.5 Å². The first-order chi connectivity index (χ1) is 10.6. The summed E-state index contributed by atoms with van der Waals surface area (Å²) >= 11 is 0. The summed E-state index contributed by atoms with van der Waals surface area (Å²) < 4.78 is 1.25. The van der Waals surface area contributed by atoms with Crippen LogP contribution in [0.3, 0.4) is 0 Å². The number of para-hydroxylation sites is 1. The number of aromatic nitrogens is 4. The fraction of sp³-hybridized carbons (Fsp3) is 0.0714. The van der Waals surface area contributed by atoms with Crippen molar-refractivity contribution in [3.05, 3.63) is 53.6 Å². The zero-order chi connectivity index (χ0) is 15.7. The van der Waals surface area contributed by atoms with Crippen molar-refractivity contribution in [3.8, 4) is 5.75 Å². The average Bonchev–Trinajstić information content (AvgIpc) is 2.97. The zero-order valence-corrected chi connectivity index (χ0v) is 11.5. The van der Waals surface area contributed by atoms with E-state index in [4.69, 9.17) is 0 Å². The van der Waals surface area contributed by atoms with Crippen LogP contribution in [-0.4, -0.2) is 43.4 Å². The lowest BCUT2D eigenvalue weighted by Gasteiger charge is -2.03. The van der Waals surface area contributed by atoms with Crippen molar-refractivity contribution < 1.29 is 14.7 Å². The molecule has 0 fully saturated rings. The van der Waals surface area contributed by atoms with E-state index in [0.717, 1.165) is 0 Å². The van der Waals surface area contributed by atoms with Gasteiger partial charge in [0, 0.05) is 19.4 Å².